The SMILES string of the molecule is CCCN(CC(N)=S)C(=O)c1cccc(S(C)(=O)=O)c1. The summed E-state index contributed by atoms with van der Waals surface area (Å²) in [5, 5.41) is 0. The molecule has 1 aromatic rings. The number of carbonyl (C=O) groups excluding carboxylic acids is 1. The Hall–Kier alpha value is -1.47. The van der Waals surface area contributed by atoms with Crippen LogP contribution in [0, 0.1) is 0 Å². The second-order valence-electron chi connectivity index (χ2n) is 4.49. The lowest BCUT2D eigenvalue weighted by atomic mass is 10.2. The molecule has 0 aliphatic rings. The third-order valence-corrected chi connectivity index (χ3v) is 3.88. The van der Waals surface area contributed by atoms with Crippen LogP contribution in [0.4, 0.5) is 0 Å². The minimum atomic E-state index is -3.34. The maximum atomic E-state index is 12.4. The van der Waals surface area contributed by atoms with Gasteiger partial charge in [0.05, 0.1) is 16.4 Å². The molecule has 0 unspecified atom stereocenters. The molecule has 110 valence electrons. The number of carbonyl (C=O) groups is 1. The topological polar surface area (TPSA) is 80.5 Å². The van der Waals surface area contributed by atoms with E-state index in [1.165, 1.54) is 17.0 Å². The van der Waals surface area contributed by atoms with Gasteiger partial charge in [-0.2, -0.15) is 0 Å². The van der Waals surface area contributed by atoms with Gasteiger partial charge in [-0.15, -0.1) is 0 Å². The minimum absolute atomic E-state index is 0.120. The highest BCUT2D eigenvalue weighted by atomic mass is 32.2. The van der Waals surface area contributed by atoms with Gasteiger partial charge in [0.2, 0.25) is 0 Å². The molecule has 1 amide bonds. The molecular weight excluding hydrogens is 296 g/mol. The molecule has 0 bridgehead atoms. The number of rotatable bonds is 6. The van der Waals surface area contributed by atoms with Crippen LogP contribution in [0.3, 0.4) is 0 Å². The molecule has 0 saturated carbocycles. The number of thiocarbonyl (C=S) groups is 1. The first kappa shape index (κ1) is 16.6. The van der Waals surface area contributed by atoms with Crippen LogP contribution in [0.2, 0.25) is 0 Å². The van der Waals surface area contributed by atoms with Crippen molar-refractivity contribution in [3.63, 3.8) is 0 Å². The summed E-state index contributed by atoms with van der Waals surface area (Å²) in [5.74, 6) is -0.273. The predicted octanol–water partition coefficient (Wildman–Crippen LogP) is 1.23. The van der Waals surface area contributed by atoms with E-state index in [1.807, 2.05) is 6.92 Å². The first-order valence-electron chi connectivity index (χ1n) is 6.13. The highest BCUT2D eigenvalue weighted by molar-refractivity contribution is 7.90. The van der Waals surface area contributed by atoms with E-state index in [0.717, 1.165) is 12.7 Å². The lowest BCUT2D eigenvalue weighted by Gasteiger charge is -2.21. The van der Waals surface area contributed by atoms with Crippen LogP contribution in [-0.2, 0) is 9.84 Å². The summed E-state index contributed by atoms with van der Waals surface area (Å²) in [4.78, 5) is 14.2. The molecule has 20 heavy (non-hydrogen) atoms. The Morgan fingerprint density at radius 2 is 2.05 bits per heavy atom. The van der Waals surface area contributed by atoms with E-state index in [2.05, 4.69) is 0 Å². The summed E-state index contributed by atoms with van der Waals surface area (Å²) in [6.45, 7) is 2.64. The Balaban J connectivity index is 3.09. The van der Waals surface area contributed by atoms with E-state index >= 15 is 0 Å². The fourth-order valence-corrected chi connectivity index (χ4v) is 2.58. The van der Waals surface area contributed by atoms with Crippen molar-refractivity contribution in [1.82, 2.24) is 4.90 Å². The Kier molecular flexibility index (Phi) is 5.64. The van der Waals surface area contributed by atoms with Gasteiger partial charge in [-0.25, -0.2) is 8.42 Å². The standard InChI is InChI=1S/C13H18N2O3S2/c1-3-7-15(9-12(14)19)13(16)10-5-4-6-11(8-10)20(2,17)18/h4-6,8H,3,7,9H2,1-2H3,(H2,14,19). The fraction of sp³-hybridized carbons (Fsp3) is 0.385. The number of nitrogens with zero attached hydrogens (tertiary/aromatic N) is 1. The van der Waals surface area contributed by atoms with Gasteiger partial charge in [-0.1, -0.05) is 25.2 Å². The zero-order valence-corrected chi connectivity index (χ0v) is 13.1. The maximum Gasteiger partial charge on any atom is 0.254 e. The Morgan fingerprint density at radius 3 is 2.55 bits per heavy atom. The van der Waals surface area contributed by atoms with Crippen molar-refractivity contribution in [3.05, 3.63) is 29.8 Å². The molecule has 0 heterocycles. The molecule has 0 atom stereocenters. The van der Waals surface area contributed by atoms with Crippen LogP contribution >= 0.6 is 12.2 Å². The molecule has 1 rings (SSSR count). The monoisotopic (exact) mass is 314 g/mol. The Labute approximate surface area is 124 Å². The molecule has 0 spiro atoms. The minimum Gasteiger partial charge on any atom is -0.392 e. The van der Waals surface area contributed by atoms with Gasteiger partial charge in [0, 0.05) is 18.4 Å². The van der Waals surface area contributed by atoms with Crippen LogP contribution in [0.1, 0.15) is 23.7 Å². The van der Waals surface area contributed by atoms with Crippen LogP contribution in [-0.4, -0.2) is 43.6 Å². The van der Waals surface area contributed by atoms with Crippen molar-refractivity contribution in [3.8, 4) is 0 Å². The van der Waals surface area contributed by atoms with Crippen LogP contribution in [0.25, 0.3) is 0 Å². The molecule has 0 fully saturated rings. The molecule has 0 aromatic heterocycles. The van der Waals surface area contributed by atoms with Crippen LogP contribution in [0.15, 0.2) is 29.2 Å². The van der Waals surface area contributed by atoms with Gasteiger partial charge >= 0.3 is 0 Å². The smallest absolute Gasteiger partial charge is 0.254 e. The molecule has 0 saturated heterocycles. The lowest BCUT2D eigenvalue weighted by Crippen LogP contribution is -2.38. The van der Waals surface area contributed by atoms with Crippen molar-refractivity contribution in [2.75, 3.05) is 19.3 Å². The van der Waals surface area contributed by atoms with Crippen LogP contribution < -0.4 is 5.73 Å². The number of hydrogen-bond donors (Lipinski definition) is 1. The van der Waals surface area contributed by atoms with Gasteiger partial charge in [0.1, 0.15) is 0 Å². The number of sulfone groups is 1. The van der Waals surface area contributed by atoms with Crippen LogP contribution in [0.5, 0.6) is 0 Å². The van der Waals surface area contributed by atoms with Gasteiger partial charge < -0.3 is 10.6 Å². The third kappa shape index (κ3) is 4.57. The first-order valence-corrected chi connectivity index (χ1v) is 8.43. The highest BCUT2D eigenvalue weighted by Crippen LogP contribution is 2.13. The quantitative estimate of drug-likeness (QED) is 0.799. The predicted molar refractivity (Wildman–Crippen MR) is 82.5 cm³/mol. The van der Waals surface area contributed by atoms with Crippen molar-refractivity contribution in [2.45, 2.75) is 18.2 Å². The fourth-order valence-electron chi connectivity index (χ4n) is 1.75. The first-order chi connectivity index (χ1) is 9.25. The number of hydrogen-bond acceptors (Lipinski definition) is 4. The normalized spacial score (nSPS) is 11.1. The van der Waals surface area contributed by atoms with E-state index < -0.39 is 9.84 Å². The van der Waals surface area contributed by atoms with Gasteiger partial charge in [-0.3, -0.25) is 4.79 Å². The molecule has 0 aliphatic carbocycles. The number of amides is 1. The van der Waals surface area contributed by atoms with E-state index in [1.54, 1.807) is 12.1 Å². The zero-order valence-electron chi connectivity index (χ0n) is 11.5. The Bertz CT molecular complexity index is 612. The molecule has 0 radical (unpaired) electrons. The maximum absolute atomic E-state index is 12.4. The second kappa shape index (κ2) is 6.81. The van der Waals surface area contributed by atoms with Gasteiger partial charge in [0.15, 0.2) is 9.84 Å². The van der Waals surface area contributed by atoms with E-state index in [4.69, 9.17) is 18.0 Å². The lowest BCUT2D eigenvalue weighted by molar-refractivity contribution is 0.0779. The largest absolute Gasteiger partial charge is 0.392 e. The van der Waals surface area contributed by atoms with Crippen molar-refractivity contribution < 1.29 is 13.2 Å². The van der Waals surface area contributed by atoms with E-state index in [-0.39, 0.29) is 22.3 Å². The molecule has 1 aromatic carbocycles. The summed E-state index contributed by atoms with van der Waals surface area (Å²) in [7, 11) is -3.34. The summed E-state index contributed by atoms with van der Waals surface area (Å²) in [6, 6.07) is 5.97. The van der Waals surface area contributed by atoms with Crippen molar-refractivity contribution >= 4 is 33.0 Å². The van der Waals surface area contributed by atoms with Gasteiger partial charge in [0.25, 0.3) is 5.91 Å². The van der Waals surface area contributed by atoms with Gasteiger partial charge in [-0.05, 0) is 24.6 Å². The summed E-state index contributed by atoms with van der Waals surface area (Å²) >= 11 is 4.83. The summed E-state index contributed by atoms with van der Waals surface area (Å²) in [6.07, 6.45) is 1.87. The molecule has 0 aliphatic heterocycles. The van der Waals surface area contributed by atoms with E-state index in [0.29, 0.717) is 12.1 Å². The Morgan fingerprint density at radius 1 is 1.40 bits per heavy atom. The molecular formula is C13H18N2O3S2. The average Bonchev–Trinajstić information content (AvgIpc) is 2.36. The van der Waals surface area contributed by atoms with Crippen molar-refractivity contribution in [2.24, 2.45) is 5.73 Å². The average molecular weight is 314 g/mol. The molecule has 7 heteroatoms. The number of nitrogens with two attached hydrogens (primary N) is 1. The summed E-state index contributed by atoms with van der Waals surface area (Å²) in [5.41, 5.74) is 5.80. The second-order valence-corrected chi connectivity index (χ2v) is 7.03. The van der Waals surface area contributed by atoms with Crippen molar-refractivity contribution in [1.29, 1.82) is 0 Å². The zero-order chi connectivity index (χ0) is 15.3. The van der Waals surface area contributed by atoms with E-state index in [9.17, 15) is 13.2 Å². The number of benzene rings is 1. The highest BCUT2D eigenvalue weighted by Gasteiger charge is 2.17. The molecule has 2 N–H and O–H groups in total. The molecule has 5 nitrogen and oxygen atoms in total. The summed E-state index contributed by atoms with van der Waals surface area (Å²) < 4.78 is 23.0. The third-order valence-electron chi connectivity index (χ3n) is 2.64.